The van der Waals surface area contributed by atoms with Crippen LogP contribution in [0.25, 0.3) is 0 Å². The highest BCUT2D eigenvalue weighted by Crippen LogP contribution is 2.39. The van der Waals surface area contributed by atoms with Gasteiger partial charge in [0.15, 0.2) is 0 Å². The van der Waals surface area contributed by atoms with Gasteiger partial charge in [-0.25, -0.2) is 8.42 Å². The van der Waals surface area contributed by atoms with E-state index in [4.69, 9.17) is 16.3 Å². The van der Waals surface area contributed by atoms with Gasteiger partial charge in [0.2, 0.25) is 15.9 Å². The Balaban J connectivity index is 1.44. The zero-order valence-corrected chi connectivity index (χ0v) is 17.4. The molecule has 1 aromatic rings. The molecule has 1 aromatic heterocycles. The molecule has 2 saturated heterocycles. The number of carbonyl (C=O) groups is 1. The van der Waals surface area contributed by atoms with E-state index < -0.39 is 10.0 Å². The van der Waals surface area contributed by atoms with Gasteiger partial charge in [0, 0.05) is 44.9 Å². The highest BCUT2D eigenvalue weighted by molar-refractivity contribution is 7.89. The topological polar surface area (TPSA) is 79.8 Å². The maximum Gasteiger partial charge on any atom is 0.245 e. The second-order valence-electron chi connectivity index (χ2n) is 7.79. The molecule has 154 valence electrons. The Morgan fingerprint density at radius 1 is 1.18 bits per heavy atom. The van der Waals surface area contributed by atoms with Crippen molar-refractivity contribution in [2.75, 3.05) is 32.8 Å². The molecule has 4 rings (SSSR count). The van der Waals surface area contributed by atoms with E-state index in [2.05, 4.69) is 4.98 Å². The summed E-state index contributed by atoms with van der Waals surface area (Å²) in [6, 6.07) is 1.52. The summed E-state index contributed by atoms with van der Waals surface area (Å²) in [5.41, 5.74) is 0.632. The fourth-order valence-corrected chi connectivity index (χ4v) is 5.98. The Hall–Kier alpha value is -1.22. The molecule has 9 heteroatoms. The van der Waals surface area contributed by atoms with Gasteiger partial charge in [-0.2, -0.15) is 4.31 Å². The number of aromatic nitrogens is 1. The minimum atomic E-state index is -3.68. The van der Waals surface area contributed by atoms with Gasteiger partial charge in [-0.05, 0) is 31.7 Å². The summed E-state index contributed by atoms with van der Waals surface area (Å²) in [5.74, 6) is 0.236. The normalized spacial score (nSPS) is 24.3. The minimum Gasteiger partial charge on any atom is -0.378 e. The van der Waals surface area contributed by atoms with Crippen LogP contribution in [0.4, 0.5) is 0 Å². The Morgan fingerprint density at radius 3 is 2.54 bits per heavy atom. The fourth-order valence-electron chi connectivity index (χ4n) is 4.07. The number of ether oxygens (including phenoxy) is 1. The first kappa shape index (κ1) is 20.1. The van der Waals surface area contributed by atoms with Gasteiger partial charge in [-0.15, -0.1) is 0 Å². The molecule has 3 fully saturated rings. The standard InChI is InChI=1S/C19H26ClN3O4S/c20-15-11-17(19(21-13-15)14-3-1-4-14)28(25,26)23-8-6-22(7-9-23)18(24)12-16-5-2-10-27-16/h11,13-14,16H,1-10,12H2/t16-/m1/s1. The van der Waals surface area contributed by atoms with Gasteiger partial charge < -0.3 is 9.64 Å². The fraction of sp³-hybridized carbons (Fsp3) is 0.684. The molecule has 1 atom stereocenters. The van der Waals surface area contributed by atoms with Crippen LogP contribution in [0, 0.1) is 0 Å². The predicted molar refractivity (Wildman–Crippen MR) is 105 cm³/mol. The Kier molecular flexibility index (Phi) is 5.92. The number of sulfonamides is 1. The highest BCUT2D eigenvalue weighted by Gasteiger charge is 2.35. The van der Waals surface area contributed by atoms with Crippen LogP contribution in [-0.4, -0.2) is 67.4 Å². The molecule has 2 aliphatic heterocycles. The molecule has 0 unspecified atom stereocenters. The molecule has 0 aromatic carbocycles. The number of piperazine rings is 1. The van der Waals surface area contributed by atoms with E-state index in [1.54, 1.807) is 4.90 Å². The zero-order chi connectivity index (χ0) is 19.7. The Labute approximate surface area is 171 Å². The molecular weight excluding hydrogens is 402 g/mol. The van der Waals surface area contributed by atoms with Crippen molar-refractivity contribution in [2.45, 2.75) is 55.4 Å². The lowest BCUT2D eigenvalue weighted by Gasteiger charge is -2.35. The number of halogens is 1. The maximum atomic E-state index is 13.3. The van der Waals surface area contributed by atoms with E-state index in [1.807, 2.05) is 0 Å². The second kappa shape index (κ2) is 8.26. The van der Waals surface area contributed by atoms with Crippen molar-refractivity contribution in [1.29, 1.82) is 0 Å². The molecule has 0 N–H and O–H groups in total. The largest absolute Gasteiger partial charge is 0.378 e. The molecule has 7 nitrogen and oxygen atoms in total. The van der Waals surface area contributed by atoms with Crippen LogP contribution in [0.5, 0.6) is 0 Å². The summed E-state index contributed by atoms with van der Waals surface area (Å²) in [6.45, 7) is 2.10. The van der Waals surface area contributed by atoms with Crippen molar-refractivity contribution in [1.82, 2.24) is 14.2 Å². The van der Waals surface area contributed by atoms with Crippen molar-refractivity contribution >= 4 is 27.5 Å². The lowest BCUT2D eigenvalue weighted by Crippen LogP contribution is -2.51. The van der Waals surface area contributed by atoms with Crippen molar-refractivity contribution in [3.8, 4) is 0 Å². The van der Waals surface area contributed by atoms with Crippen molar-refractivity contribution in [3.63, 3.8) is 0 Å². The molecule has 1 saturated carbocycles. The summed E-state index contributed by atoms with van der Waals surface area (Å²) in [6.07, 6.45) is 6.86. The first-order chi connectivity index (χ1) is 13.4. The number of pyridine rings is 1. The van der Waals surface area contributed by atoms with Gasteiger partial charge in [-0.3, -0.25) is 9.78 Å². The average Bonchev–Trinajstić information content (AvgIpc) is 3.14. The smallest absolute Gasteiger partial charge is 0.245 e. The van der Waals surface area contributed by atoms with Crippen LogP contribution in [0.15, 0.2) is 17.2 Å². The summed E-state index contributed by atoms with van der Waals surface area (Å²) in [4.78, 5) is 18.8. The van der Waals surface area contributed by atoms with E-state index in [9.17, 15) is 13.2 Å². The summed E-state index contributed by atoms with van der Waals surface area (Å²) < 4.78 is 33.5. The molecule has 1 aliphatic carbocycles. The lowest BCUT2D eigenvalue weighted by molar-refractivity contribution is -0.134. The number of carbonyl (C=O) groups excluding carboxylic acids is 1. The minimum absolute atomic E-state index is 0.0110. The summed E-state index contributed by atoms with van der Waals surface area (Å²) in [7, 11) is -3.68. The van der Waals surface area contributed by atoms with Crippen molar-refractivity contribution < 1.29 is 17.9 Å². The van der Waals surface area contributed by atoms with E-state index in [0.29, 0.717) is 30.2 Å². The van der Waals surface area contributed by atoms with Crippen LogP contribution in [0.2, 0.25) is 5.02 Å². The number of hydrogen-bond acceptors (Lipinski definition) is 5. The van der Waals surface area contributed by atoms with E-state index in [1.165, 1.54) is 16.6 Å². The van der Waals surface area contributed by atoms with Gasteiger partial charge in [0.25, 0.3) is 0 Å². The summed E-state index contributed by atoms with van der Waals surface area (Å²) >= 11 is 6.06. The van der Waals surface area contributed by atoms with E-state index in [0.717, 1.165) is 38.7 Å². The first-order valence-corrected chi connectivity index (χ1v) is 11.8. The van der Waals surface area contributed by atoms with Gasteiger partial charge in [0.1, 0.15) is 4.90 Å². The molecule has 3 heterocycles. The maximum absolute atomic E-state index is 13.3. The SMILES string of the molecule is O=C(C[C@H]1CCCO1)N1CCN(S(=O)(=O)c2cc(Cl)cnc2C2CCC2)CC1. The van der Waals surface area contributed by atoms with E-state index >= 15 is 0 Å². The zero-order valence-electron chi connectivity index (χ0n) is 15.8. The second-order valence-corrected chi connectivity index (χ2v) is 10.1. The third-order valence-electron chi connectivity index (χ3n) is 5.98. The number of rotatable bonds is 5. The highest BCUT2D eigenvalue weighted by atomic mass is 35.5. The van der Waals surface area contributed by atoms with Crippen LogP contribution >= 0.6 is 11.6 Å². The number of nitrogens with zero attached hydrogens (tertiary/aromatic N) is 3. The molecule has 0 radical (unpaired) electrons. The van der Waals surface area contributed by atoms with Gasteiger partial charge in [-0.1, -0.05) is 18.0 Å². The molecule has 1 amide bonds. The predicted octanol–water partition coefficient (Wildman–Crippen LogP) is 2.40. The molecule has 0 spiro atoms. The molecule has 0 bridgehead atoms. The molecule has 3 aliphatic rings. The third kappa shape index (κ3) is 4.06. The van der Waals surface area contributed by atoms with Crippen LogP contribution in [-0.2, 0) is 19.6 Å². The molecule has 28 heavy (non-hydrogen) atoms. The molecular formula is C19H26ClN3O4S. The van der Waals surface area contributed by atoms with Crippen LogP contribution in [0.3, 0.4) is 0 Å². The van der Waals surface area contributed by atoms with Crippen molar-refractivity contribution in [2.24, 2.45) is 0 Å². The van der Waals surface area contributed by atoms with Crippen LogP contribution < -0.4 is 0 Å². The van der Waals surface area contributed by atoms with Gasteiger partial charge in [0.05, 0.1) is 23.2 Å². The number of hydrogen-bond donors (Lipinski definition) is 0. The Morgan fingerprint density at radius 2 is 1.93 bits per heavy atom. The Bertz CT molecular complexity index is 830. The van der Waals surface area contributed by atoms with Gasteiger partial charge >= 0.3 is 0 Å². The quantitative estimate of drug-likeness (QED) is 0.720. The van der Waals surface area contributed by atoms with Crippen LogP contribution in [0.1, 0.15) is 50.1 Å². The van der Waals surface area contributed by atoms with Crippen molar-refractivity contribution in [3.05, 3.63) is 23.0 Å². The average molecular weight is 428 g/mol. The van der Waals surface area contributed by atoms with E-state index in [-0.39, 0.29) is 35.9 Å². The third-order valence-corrected chi connectivity index (χ3v) is 8.11. The summed E-state index contributed by atoms with van der Waals surface area (Å²) in [5, 5.41) is 0.326. The lowest BCUT2D eigenvalue weighted by atomic mass is 9.83. The first-order valence-electron chi connectivity index (χ1n) is 10.00. The monoisotopic (exact) mass is 427 g/mol. The number of amides is 1.